The fourth-order valence-electron chi connectivity index (χ4n) is 1.43. The van der Waals surface area contributed by atoms with Crippen molar-refractivity contribution in [2.75, 3.05) is 32.2 Å². The molecule has 5 heteroatoms. The van der Waals surface area contributed by atoms with Gasteiger partial charge >= 0.3 is 0 Å². The minimum absolute atomic E-state index is 0.0435. The maximum Gasteiger partial charge on any atom is 0.120 e. The molecule has 4 nitrogen and oxygen atoms in total. The number of nitrogens with zero attached hydrogens (tertiary/aromatic N) is 1. The number of rotatable bonds is 5. The van der Waals surface area contributed by atoms with Gasteiger partial charge in [-0.25, -0.2) is 0 Å². The van der Waals surface area contributed by atoms with Crippen molar-refractivity contribution in [3.05, 3.63) is 23.2 Å². The summed E-state index contributed by atoms with van der Waals surface area (Å²) in [6.45, 7) is 0.501. The molecule has 1 aromatic carbocycles. The van der Waals surface area contributed by atoms with Crippen LogP contribution >= 0.6 is 11.6 Å². The number of likely N-dealkylation sites (N-methyl/N-ethyl adjacent to an activating group) is 1. The largest absolute Gasteiger partial charge is 0.497 e. The van der Waals surface area contributed by atoms with Gasteiger partial charge in [-0.05, 0) is 12.1 Å². The highest BCUT2D eigenvalue weighted by molar-refractivity contribution is 6.33. The minimum atomic E-state index is -0.275. The molecule has 0 aliphatic carbocycles. The molecular weight excluding hydrogens is 228 g/mol. The number of aliphatic hydroxyl groups is 1. The second-order valence-electron chi connectivity index (χ2n) is 3.64. The molecule has 90 valence electrons. The summed E-state index contributed by atoms with van der Waals surface area (Å²) in [5, 5.41) is 9.48. The fourth-order valence-corrected chi connectivity index (χ4v) is 1.75. The summed E-state index contributed by atoms with van der Waals surface area (Å²) < 4.78 is 5.06. The van der Waals surface area contributed by atoms with E-state index in [4.69, 9.17) is 27.2 Å². The van der Waals surface area contributed by atoms with E-state index in [-0.39, 0.29) is 12.6 Å². The molecule has 1 unspecified atom stereocenters. The van der Waals surface area contributed by atoms with Crippen LogP contribution < -0.4 is 15.4 Å². The maximum absolute atomic E-state index is 8.88. The fraction of sp³-hybridized carbons (Fsp3) is 0.455. The van der Waals surface area contributed by atoms with E-state index in [2.05, 4.69) is 0 Å². The normalized spacial score (nSPS) is 12.3. The number of nitrogens with two attached hydrogens (primary N) is 1. The van der Waals surface area contributed by atoms with E-state index >= 15 is 0 Å². The molecule has 0 saturated carbocycles. The van der Waals surface area contributed by atoms with Gasteiger partial charge in [0.1, 0.15) is 5.75 Å². The van der Waals surface area contributed by atoms with Gasteiger partial charge < -0.3 is 20.5 Å². The highest BCUT2D eigenvalue weighted by Crippen LogP contribution is 2.28. The molecule has 1 rings (SSSR count). The summed E-state index contributed by atoms with van der Waals surface area (Å²) in [6.07, 6.45) is 0. The molecule has 0 aliphatic heterocycles. The Hall–Kier alpha value is -0.970. The van der Waals surface area contributed by atoms with E-state index in [1.807, 2.05) is 24.1 Å². The molecular formula is C11H17ClN2O2. The Kier molecular flexibility index (Phi) is 4.86. The lowest BCUT2D eigenvalue weighted by Gasteiger charge is -2.23. The zero-order valence-electron chi connectivity index (χ0n) is 9.48. The minimum Gasteiger partial charge on any atom is -0.497 e. The number of aliphatic hydroxyl groups excluding tert-OH is 1. The molecule has 0 aliphatic rings. The Morgan fingerprint density at radius 1 is 1.56 bits per heavy atom. The summed E-state index contributed by atoms with van der Waals surface area (Å²) in [5.74, 6) is 0.716. The first-order valence-corrected chi connectivity index (χ1v) is 5.37. The van der Waals surface area contributed by atoms with Crippen molar-refractivity contribution in [2.24, 2.45) is 5.73 Å². The van der Waals surface area contributed by atoms with Crippen LogP contribution in [-0.4, -0.2) is 38.5 Å². The summed E-state index contributed by atoms with van der Waals surface area (Å²) in [5.41, 5.74) is 6.52. The molecule has 0 spiro atoms. The van der Waals surface area contributed by atoms with Crippen LogP contribution in [0.4, 0.5) is 5.69 Å². The second kappa shape index (κ2) is 5.94. The van der Waals surface area contributed by atoms with Crippen molar-refractivity contribution in [3.63, 3.8) is 0 Å². The van der Waals surface area contributed by atoms with E-state index in [1.54, 1.807) is 13.2 Å². The van der Waals surface area contributed by atoms with Gasteiger partial charge in [-0.1, -0.05) is 11.6 Å². The van der Waals surface area contributed by atoms with Gasteiger partial charge in [-0.2, -0.15) is 0 Å². The number of benzene rings is 1. The Labute approximate surface area is 101 Å². The van der Waals surface area contributed by atoms with Gasteiger partial charge in [0.05, 0.1) is 24.4 Å². The van der Waals surface area contributed by atoms with Crippen LogP contribution in [0.15, 0.2) is 18.2 Å². The van der Waals surface area contributed by atoms with E-state index in [1.165, 1.54) is 0 Å². The van der Waals surface area contributed by atoms with Crippen LogP contribution in [-0.2, 0) is 0 Å². The number of hydrogen-bond donors (Lipinski definition) is 2. The zero-order chi connectivity index (χ0) is 12.1. The van der Waals surface area contributed by atoms with Gasteiger partial charge in [0, 0.05) is 25.7 Å². The van der Waals surface area contributed by atoms with Gasteiger partial charge in [0.15, 0.2) is 0 Å². The van der Waals surface area contributed by atoms with Gasteiger partial charge in [0.2, 0.25) is 0 Å². The van der Waals surface area contributed by atoms with Crippen LogP contribution in [0.3, 0.4) is 0 Å². The monoisotopic (exact) mass is 244 g/mol. The molecule has 0 aromatic heterocycles. The van der Waals surface area contributed by atoms with Crippen molar-refractivity contribution in [1.29, 1.82) is 0 Å². The Balaban J connectivity index is 2.79. The van der Waals surface area contributed by atoms with E-state index < -0.39 is 0 Å². The van der Waals surface area contributed by atoms with Gasteiger partial charge in [-0.3, -0.25) is 0 Å². The molecule has 0 radical (unpaired) electrons. The number of ether oxygens (including phenoxy) is 1. The summed E-state index contributed by atoms with van der Waals surface area (Å²) in [7, 11) is 3.47. The Morgan fingerprint density at radius 2 is 2.25 bits per heavy atom. The molecule has 16 heavy (non-hydrogen) atoms. The molecule has 1 aromatic rings. The van der Waals surface area contributed by atoms with Crippen LogP contribution in [0.2, 0.25) is 5.02 Å². The molecule has 0 fully saturated rings. The van der Waals surface area contributed by atoms with Crippen LogP contribution in [0, 0.1) is 0 Å². The smallest absolute Gasteiger partial charge is 0.120 e. The first-order chi connectivity index (χ1) is 7.58. The van der Waals surface area contributed by atoms with Crippen molar-refractivity contribution < 1.29 is 9.84 Å². The standard InChI is InChI=1S/C11H17ClN2O2/c1-14(6-8(13)7-15)11-4-3-9(16-2)5-10(11)12/h3-5,8,15H,6-7,13H2,1-2H3. The predicted octanol–water partition coefficient (Wildman–Crippen LogP) is 1.10. The lowest BCUT2D eigenvalue weighted by molar-refractivity contribution is 0.267. The summed E-state index contributed by atoms with van der Waals surface area (Å²) in [4.78, 5) is 1.91. The van der Waals surface area contributed by atoms with E-state index in [0.717, 1.165) is 5.69 Å². The van der Waals surface area contributed by atoms with Crippen molar-refractivity contribution in [1.82, 2.24) is 0 Å². The third kappa shape index (κ3) is 3.27. The number of methoxy groups -OCH3 is 1. The molecule has 0 bridgehead atoms. The maximum atomic E-state index is 8.88. The van der Waals surface area contributed by atoms with Crippen LogP contribution in [0.25, 0.3) is 0 Å². The van der Waals surface area contributed by atoms with E-state index in [9.17, 15) is 0 Å². The zero-order valence-corrected chi connectivity index (χ0v) is 10.2. The van der Waals surface area contributed by atoms with Gasteiger partial charge in [-0.15, -0.1) is 0 Å². The van der Waals surface area contributed by atoms with Gasteiger partial charge in [0.25, 0.3) is 0 Å². The number of hydrogen-bond acceptors (Lipinski definition) is 4. The Bertz CT molecular complexity index is 347. The van der Waals surface area contributed by atoms with Crippen molar-refractivity contribution in [3.8, 4) is 5.75 Å². The lowest BCUT2D eigenvalue weighted by Crippen LogP contribution is -2.37. The number of halogens is 1. The topological polar surface area (TPSA) is 58.7 Å². The average Bonchev–Trinajstić information content (AvgIpc) is 2.28. The summed E-state index contributed by atoms with van der Waals surface area (Å²) >= 11 is 6.10. The third-order valence-electron chi connectivity index (χ3n) is 2.31. The van der Waals surface area contributed by atoms with Crippen molar-refractivity contribution >= 4 is 17.3 Å². The average molecular weight is 245 g/mol. The van der Waals surface area contributed by atoms with Crippen molar-refractivity contribution in [2.45, 2.75) is 6.04 Å². The molecule has 0 saturated heterocycles. The quantitative estimate of drug-likeness (QED) is 0.815. The lowest BCUT2D eigenvalue weighted by atomic mass is 10.2. The number of anilines is 1. The molecule has 3 N–H and O–H groups in total. The molecule has 0 amide bonds. The second-order valence-corrected chi connectivity index (χ2v) is 4.05. The Morgan fingerprint density at radius 3 is 2.75 bits per heavy atom. The van der Waals surface area contributed by atoms with Crippen LogP contribution in [0.5, 0.6) is 5.75 Å². The SMILES string of the molecule is COc1ccc(N(C)CC(N)CO)c(Cl)c1. The first-order valence-electron chi connectivity index (χ1n) is 4.99. The molecule has 1 atom stereocenters. The highest BCUT2D eigenvalue weighted by atomic mass is 35.5. The van der Waals surface area contributed by atoms with Crippen LogP contribution in [0.1, 0.15) is 0 Å². The predicted molar refractivity (Wildman–Crippen MR) is 66.3 cm³/mol. The third-order valence-corrected chi connectivity index (χ3v) is 2.61. The molecule has 0 heterocycles. The highest BCUT2D eigenvalue weighted by Gasteiger charge is 2.10. The van der Waals surface area contributed by atoms with E-state index in [0.29, 0.717) is 17.3 Å². The first kappa shape index (κ1) is 13.1. The summed E-state index contributed by atoms with van der Waals surface area (Å²) in [6, 6.07) is 5.17.